The summed E-state index contributed by atoms with van der Waals surface area (Å²) in [7, 11) is 21.4. The highest BCUT2D eigenvalue weighted by molar-refractivity contribution is 7.99. The molecule has 9 atom stereocenters. The van der Waals surface area contributed by atoms with Crippen molar-refractivity contribution in [2.75, 3.05) is 260 Å². The van der Waals surface area contributed by atoms with Gasteiger partial charge >= 0.3 is 17.9 Å². The van der Waals surface area contributed by atoms with E-state index in [1.807, 2.05) is 50.1 Å². The molecule has 3 N–H and O–H groups in total. The van der Waals surface area contributed by atoms with Crippen molar-refractivity contribution in [1.29, 1.82) is 0 Å². The molecule has 37 heteroatoms. The minimum Gasteiger partial charge on any atom is -0.468 e. The quantitative estimate of drug-likeness (QED) is 0.0795. The zero-order valence-electron chi connectivity index (χ0n) is 83.9. The van der Waals surface area contributed by atoms with E-state index in [-0.39, 0.29) is 149 Å². The van der Waals surface area contributed by atoms with Gasteiger partial charge in [0.2, 0.25) is 0 Å². The Morgan fingerprint density at radius 2 is 0.797 bits per heavy atom. The number of alkyl halides is 10. The third-order valence-electron chi connectivity index (χ3n) is 32.6. The van der Waals surface area contributed by atoms with Gasteiger partial charge in [-0.15, -0.1) is 11.8 Å². The molecule has 0 aromatic heterocycles. The first-order valence-corrected chi connectivity index (χ1v) is 51.6. The summed E-state index contributed by atoms with van der Waals surface area (Å²) in [5, 5.41) is 28.9. The molecule has 0 saturated carbocycles. The van der Waals surface area contributed by atoms with Crippen LogP contribution in [-0.2, 0) is 33.3 Å². The molecule has 17 heterocycles. The first-order valence-electron chi connectivity index (χ1n) is 50.5. The molecule has 1 spiro atoms. The van der Waals surface area contributed by atoms with Crippen molar-refractivity contribution in [3.8, 4) is 0 Å². The molecule has 26 nitrogen and oxygen atoms in total. The minimum absolute atomic E-state index is 0.0107. The summed E-state index contributed by atoms with van der Waals surface area (Å²) >= 11 is 1.84. The predicted octanol–water partition coefficient (Wildman–Crippen LogP) is 9.36. The summed E-state index contributed by atoms with van der Waals surface area (Å²) < 4.78 is 154. The van der Waals surface area contributed by atoms with Crippen molar-refractivity contribution in [3.05, 3.63) is 0 Å². The Hall–Kier alpha value is -2.74. The van der Waals surface area contributed by atoms with Crippen LogP contribution in [0.25, 0.3) is 0 Å². The third kappa shape index (κ3) is 31.6. The Bertz CT molecular complexity index is 3450. The maximum atomic E-state index is 13.6. The van der Waals surface area contributed by atoms with E-state index in [0.717, 1.165) is 226 Å². The predicted molar refractivity (Wildman–Crippen MR) is 503 cm³/mol. The van der Waals surface area contributed by atoms with Crippen molar-refractivity contribution < 1.29 is 92.6 Å². The highest BCUT2D eigenvalue weighted by atomic mass is 32.2. The Labute approximate surface area is 795 Å². The number of thioether (sulfide) groups is 1. The molecule has 0 radical (unpaired) electrons. The number of aliphatic hydroxyl groups is 3. The van der Waals surface area contributed by atoms with E-state index >= 15 is 0 Å². The van der Waals surface area contributed by atoms with Crippen LogP contribution in [0.5, 0.6) is 0 Å². The molecule has 133 heavy (non-hydrogen) atoms. The summed E-state index contributed by atoms with van der Waals surface area (Å²) in [5.41, 5.74) is -1.68. The van der Waals surface area contributed by atoms with Crippen LogP contribution >= 0.6 is 11.8 Å². The van der Waals surface area contributed by atoms with E-state index in [1.165, 1.54) is 52.7 Å². The number of methoxy groups -OCH3 is 3. The van der Waals surface area contributed by atoms with Gasteiger partial charge in [0.25, 0.3) is 29.6 Å². The molecule has 0 amide bonds. The van der Waals surface area contributed by atoms with Crippen molar-refractivity contribution in [2.45, 2.75) is 339 Å². The minimum atomic E-state index is -2.66. The number of ether oxygens (including phenoxy) is 4. The summed E-state index contributed by atoms with van der Waals surface area (Å²) in [6.07, 6.45) is 20.5. The number of hydrogen-bond acceptors (Lipinski definition) is 27. The fraction of sp³-hybridized carbons (Fsp3) is 0.969. The standard InChI is InChI=1S/C13H24F2N2O.C13H22N2O2.C13H24N2O2.2C12H22F2N2O.C11H20F2N2O.C11H20F2N2.C11H20N2O2S/c1-12(2,18)11-8-13(14,15)9-17(11)10-4-6-16(3)7-5-10;1-14-8-3-11(4-9-14)15-7-2-5-13(15)6-10-17-12(13)16;1-13(12(16)17-3)7-4-8-15(13)11-5-9-14(2)10-6-11;1-15-5-3-10(4-6-15)16-9-12(13,14)7-11(16)8-17-2;1-9(17)11-7-12(13,14)8-16(11)10-3-5-15(2)6-4-10;1-14-4-2-9(3-5-14)15-8-11(12,13)6-10(15)7-16;1-9-7-11(12,13)8-15(9)10-3-5-14(2)6-4-10;1-12-5-3-9(4-6-12)13-8-16-7-10(13)11(14)15-2/h10-11,18H,4-9H2,1-3H3;11H,2-10H2,1H3;11H,4-10H2,1-3H3;10-11H,3-9H2,1-2H3;9-11,17H,3-8H2,1-2H3;9-10,16H,2-8H2,1H3;9-10H,3-8H2,1-2H3;9-10H,3-8H2,1-2H3/t11-;;13-;11-;9?,11-;10-;9-;10-/m1.111101/s1. The van der Waals surface area contributed by atoms with Crippen LogP contribution in [0.1, 0.15) is 202 Å². The highest BCUT2D eigenvalue weighted by Gasteiger charge is 2.57. The number of likely N-dealkylation sites (tertiary alicyclic amines) is 15. The van der Waals surface area contributed by atoms with Crippen LogP contribution in [0, 0.1) is 0 Å². The van der Waals surface area contributed by atoms with E-state index in [4.69, 9.17) is 24.1 Å². The van der Waals surface area contributed by atoms with Crippen molar-refractivity contribution in [2.24, 2.45) is 0 Å². The van der Waals surface area contributed by atoms with Crippen LogP contribution in [0.2, 0.25) is 0 Å². The lowest BCUT2D eigenvalue weighted by atomic mass is 9.91. The van der Waals surface area contributed by atoms with Gasteiger partial charge in [0.05, 0.1) is 78.5 Å². The second kappa shape index (κ2) is 50.0. The summed E-state index contributed by atoms with van der Waals surface area (Å²) in [4.78, 5) is 70.7. The van der Waals surface area contributed by atoms with Crippen LogP contribution in [0.15, 0.2) is 0 Å². The Morgan fingerprint density at radius 3 is 1.19 bits per heavy atom. The number of carbonyl (C=O) groups excluding carboxylic acids is 3. The zero-order valence-corrected chi connectivity index (χ0v) is 84.7. The SMILES string of the molecule is CC(O)[C@H]1CC(F)(F)CN1C1CCN(C)CC1.CN1CCC(N2CC(F)(F)C[C@@H]2C(C)(C)O)CC1.CN1CCC(N2CC(F)(F)C[C@@H]2CO)CC1.CN1CCC(N2CCCC23CCOC3=O)CC1.COC(=O)[C@@]1(C)CCCN1C1CCN(C)CC1.COC(=O)[C@H]1CSCN1C1CCN(C)CC1.COC[C@H]1CC(F)(F)CN1C1CCN(C)CC1.C[C@H]1CC(F)(F)CN1C1CCN(C)CC1. The number of esters is 3. The lowest BCUT2D eigenvalue weighted by Crippen LogP contribution is -2.55. The summed E-state index contributed by atoms with van der Waals surface area (Å²) in [5.74, 6) is -11.1. The van der Waals surface area contributed by atoms with Gasteiger partial charge in [-0.2, -0.15) is 0 Å². The number of hydrogen-bond donors (Lipinski definition) is 3. The number of cyclic esters (lactones) is 1. The van der Waals surface area contributed by atoms with Gasteiger partial charge in [0.1, 0.15) is 17.1 Å². The summed E-state index contributed by atoms with van der Waals surface area (Å²) in [6, 6.07) is 1.80. The molecule has 0 aliphatic carbocycles. The number of aliphatic hydroxyl groups excluding tert-OH is 2. The topological polar surface area (TPSA) is 201 Å². The molecule has 774 valence electrons. The van der Waals surface area contributed by atoms with Gasteiger partial charge in [-0.25, -0.2) is 43.9 Å². The highest BCUT2D eigenvalue weighted by Crippen LogP contribution is 2.46. The molecule has 17 fully saturated rings. The zero-order chi connectivity index (χ0) is 97.3. The van der Waals surface area contributed by atoms with Crippen LogP contribution < -0.4 is 0 Å². The smallest absolute Gasteiger partial charge is 0.326 e. The van der Waals surface area contributed by atoms with Gasteiger partial charge in [0, 0.05) is 136 Å². The number of rotatable bonds is 15. The van der Waals surface area contributed by atoms with E-state index in [9.17, 15) is 68.5 Å². The Balaban J connectivity index is 0.000000158. The number of piperidine rings is 8. The van der Waals surface area contributed by atoms with Gasteiger partial charge in [-0.1, -0.05) is 0 Å². The number of halogens is 10. The molecule has 0 aromatic rings. The fourth-order valence-corrected chi connectivity index (χ4v) is 25.8. The second-order valence-electron chi connectivity index (χ2n) is 43.5. The summed E-state index contributed by atoms with van der Waals surface area (Å²) in [6.45, 7) is 27.9. The van der Waals surface area contributed by atoms with Gasteiger partial charge < -0.3 is 73.5 Å². The fourth-order valence-electron chi connectivity index (χ4n) is 24.5. The molecule has 17 aliphatic rings. The van der Waals surface area contributed by atoms with Crippen molar-refractivity contribution in [1.82, 2.24) is 78.4 Å². The molecule has 0 aromatic carbocycles. The lowest BCUT2D eigenvalue weighted by molar-refractivity contribution is -0.154. The van der Waals surface area contributed by atoms with Crippen molar-refractivity contribution >= 4 is 29.7 Å². The number of nitrogens with zero attached hydrogens (tertiary/aromatic N) is 16. The van der Waals surface area contributed by atoms with Gasteiger partial charge in [-0.05, 0) is 337 Å². The Kier molecular flexibility index (Phi) is 42.2. The normalized spacial score (nSPS) is 33.2. The molecule has 2 unspecified atom stereocenters. The monoisotopic (exact) mass is 1930 g/mol. The average molecular weight is 1930 g/mol. The largest absolute Gasteiger partial charge is 0.468 e. The first-order chi connectivity index (χ1) is 62.6. The van der Waals surface area contributed by atoms with Gasteiger partial charge in [0.15, 0.2) is 0 Å². The van der Waals surface area contributed by atoms with Crippen LogP contribution in [-0.4, -0.2) is 508 Å². The van der Waals surface area contributed by atoms with E-state index in [1.54, 1.807) is 27.9 Å². The molecule has 17 rings (SSSR count). The molecule has 0 bridgehead atoms. The van der Waals surface area contributed by atoms with Crippen LogP contribution in [0.4, 0.5) is 43.9 Å². The Morgan fingerprint density at radius 1 is 0.451 bits per heavy atom. The van der Waals surface area contributed by atoms with Gasteiger partial charge in [-0.3, -0.25) is 53.6 Å². The number of carbonyl (C=O) groups is 3. The van der Waals surface area contributed by atoms with E-state index in [0.29, 0.717) is 43.4 Å². The van der Waals surface area contributed by atoms with E-state index in [2.05, 4.69) is 110 Å². The molecule has 17 aliphatic heterocycles. The van der Waals surface area contributed by atoms with E-state index < -0.39 is 47.4 Å². The second-order valence-corrected chi connectivity index (χ2v) is 44.5. The first kappa shape index (κ1) is 112. The third-order valence-corrected chi connectivity index (χ3v) is 33.6. The molecular formula is C96H174F10N16O10S. The average Bonchev–Trinajstić information content (AvgIpc) is 1.60. The maximum absolute atomic E-state index is 13.6. The molecular weight excluding hydrogens is 1760 g/mol. The van der Waals surface area contributed by atoms with Crippen molar-refractivity contribution in [3.63, 3.8) is 0 Å². The lowest BCUT2D eigenvalue weighted by Gasteiger charge is -2.42. The molecule has 17 saturated heterocycles. The maximum Gasteiger partial charge on any atom is 0.326 e. The van der Waals surface area contributed by atoms with Crippen LogP contribution in [0.3, 0.4) is 0 Å².